The van der Waals surface area contributed by atoms with Gasteiger partial charge in [-0.05, 0) is 39.8 Å². The molecular formula is C15H23N3O3. The summed E-state index contributed by atoms with van der Waals surface area (Å²) in [6.07, 6.45) is 0.993. The molecule has 2 rings (SSSR count). The lowest BCUT2D eigenvalue weighted by Crippen LogP contribution is -2.36. The van der Waals surface area contributed by atoms with Gasteiger partial charge in [0.25, 0.3) is 0 Å². The van der Waals surface area contributed by atoms with E-state index >= 15 is 0 Å². The van der Waals surface area contributed by atoms with E-state index in [1.807, 2.05) is 19.9 Å². The van der Waals surface area contributed by atoms with Gasteiger partial charge in [-0.3, -0.25) is 10.1 Å². The lowest BCUT2D eigenvalue weighted by molar-refractivity contribution is -0.386. The Morgan fingerprint density at radius 3 is 2.81 bits per heavy atom. The van der Waals surface area contributed by atoms with Crippen molar-refractivity contribution in [1.82, 2.24) is 5.32 Å². The molecule has 0 saturated carbocycles. The second kappa shape index (κ2) is 6.76. The molecule has 21 heavy (non-hydrogen) atoms. The van der Waals surface area contributed by atoms with Crippen molar-refractivity contribution < 1.29 is 9.66 Å². The van der Waals surface area contributed by atoms with Gasteiger partial charge < -0.3 is 15.0 Å². The number of hydrogen-bond donors (Lipinski definition) is 1. The van der Waals surface area contributed by atoms with Crippen LogP contribution in [0.1, 0.15) is 27.2 Å². The van der Waals surface area contributed by atoms with Gasteiger partial charge in [-0.2, -0.15) is 0 Å². The van der Waals surface area contributed by atoms with Crippen LogP contribution in [-0.4, -0.2) is 36.7 Å². The fourth-order valence-electron chi connectivity index (χ4n) is 2.74. The number of rotatable bonds is 6. The predicted octanol–water partition coefficient (Wildman–Crippen LogP) is 2.57. The minimum atomic E-state index is -0.394. The number of benzene rings is 1. The molecule has 0 aliphatic carbocycles. The first-order valence-corrected chi connectivity index (χ1v) is 7.45. The molecule has 0 amide bonds. The first-order chi connectivity index (χ1) is 10.0. The maximum absolute atomic E-state index is 11.1. The molecule has 0 aromatic heterocycles. The van der Waals surface area contributed by atoms with Gasteiger partial charge in [-0.1, -0.05) is 0 Å². The number of nitrogens with zero attached hydrogens (tertiary/aromatic N) is 2. The number of nitro benzene ring substituents is 1. The van der Waals surface area contributed by atoms with Crippen molar-refractivity contribution in [2.45, 2.75) is 39.3 Å². The van der Waals surface area contributed by atoms with Gasteiger partial charge in [0.05, 0.1) is 11.0 Å². The second-order valence-electron chi connectivity index (χ2n) is 5.51. The standard InChI is InChI=1S/C15H23N3O3/c1-4-17(13-7-8-16-10-13)12-5-6-14(18(19)20)15(9-12)21-11(2)3/h5-6,9,11,13,16H,4,7-8,10H2,1-3H3. The van der Waals surface area contributed by atoms with Crippen LogP contribution in [0.2, 0.25) is 0 Å². The number of nitro groups is 1. The van der Waals surface area contributed by atoms with Gasteiger partial charge in [-0.25, -0.2) is 0 Å². The van der Waals surface area contributed by atoms with Crippen molar-refractivity contribution in [3.8, 4) is 5.75 Å². The Bertz CT molecular complexity index is 499. The number of anilines is 1. The number of hydrogen-bond acceptors (Lipinski definition) is 5. The zero-order valence-electron chi connectivity index (χ0n) is 12.8. The first kappa shape index (κ1) is 15.6. The fraction of sp³-hybridized carbons (Fsp3) is 0.600. The predicted molar refractivity (Wildman–Crippen MR) is 83.2 cm³/mol. The third-order valence-electron chi connectivity index (χ3n) is 3.65. The van der Waals surface area contributed by atoms with Crippen molar-refractivity contribution in [2.75, 3.05) is 24.5 Å². The largest absolute Gasteiger partial charge is 0.484 e. The van der Waals surface area contributed by atoms with Crippen LogP contribution >= 0.6 is 0 Å². The average molecular weight is 293 g/mol. The van der Waals surface area contributed by atoms with Gasteiger partial charge in [0.2, 0.25) is 0 Å². The Morgan fingerprint density at radius 1 is 1.52 bits per heavy atom. The van der Waals surface area contributed by atoms with Gasteiger partial charge in [0.15, 0.2) is 5.75 Å². The molecule has 1 aliphatic rings. The summed E-state index contributed by atoms with van der Waals surface area (Å²) in [6, 6.07) is 5.58. The summed E-state index contributed by atoms with van der Waals surface area (Å²) >= 11 is 0. The molecule has 0 bridgehead atoms. The third-order valence-corrected chi connectivity index (χ3v) is 3.65. The van der Waals surface area contributed by atoms with E-state index in [0.29, 0.717) is 11.8 Å². The topological polar surface area (TPSA) is 67.6 Å². The van der Waals surface area contributed by atoms with E-state index in [0.717, 1.165) is 31.7 Å². The summed E-state index contributed by atoms with van der Waals surface area (Å²) in [5.41, 5.74) is 1.00. The molecule has 116 valence electrons. The molecule has 1 N–H and O–H groups in total. The van der Waals surface area contributed by atoms with Crippen molar-refractivity contribution in [3.05, 3.63) is 28.3 Å². The highest BCUT2D eigenvalue weighted by Gasteiger charge is 2.24. The fourth-order valence-corrected chi connectivity index (χ4v) is 2.74. The Hall–Kier alpha value is -1.82. The Balaban J connectivity index is 2.32. The van der Waals surface area contributed by atoms with Gasteiger partial charge in [0, 0.05) is 37.0 Å². The van der Waals surface area contributed by atoms with E-state index in [9.17, 15) is 10.1 Å². The van der Waals surface area contributed by atoms with E-state index in [1.54, 1.807) is 6.07 Å². The Labute approximate surface area is 125 Å². The van der Waals surface area contributed by atoms with E-state index < -0.39 is 4.92 Å². The molecule has 0 radical (unpaired) electrons. The molecule has 1 fully saturated rings. The van der Waals surface area contributed by atoms with Gasteiger partial charge in [0.1, 0.15) is 0 Å². The lowest BCUT2D eigenvalue weighted by Gasteiger charge is -2.29. The summed E-state index contributed by atoms with van der Waals surface area (Å²) in [6.45, 7) is 8.67. The van der Waals surface area contributed by atoms with Crippen molar-refractivity contribution in [3.63, 3.8) is 0 Å². The number of ether oxygens (including phenoxy) is 1. The van der Waals surface area contributed by atoms with Crippen LogP contribution in [0.5, 0.6) is 5.75 Å². The van der Waals surface area contributed by atoms with Crippen LogP contribution < -0.4 is 15.0 Å². The molecular weight excluding hydrogens is 270 g/mol. The molecule has 1 aliphatic heterocycles. The highest BCUT2D eigenvalue weighted by molar-refractivity contribution is 5.60. The average Bonchev–Trinajstić information content (AvgIpc) is 2.92. The summed E-state index contributed by atoms with van der Waals surface area (Å²) in [5, 5.41) is 14.5. The molecule has 1 unspecified atom stereocenters. The smallest absolute Gasteiger partial charge is 0.311 e. The normalized spacial score (nSPS) is 18.0. The molecule has 1 aromatic rings. The van der Waals surface area contributed by atoms with Crippen molar-refractivity contribution in [1.29, 1.82) is 0 Å². The molecule has 1 heterocycles. The summed E-state index contributed by atoms with van der Waals surface area (Å²) < 4.78 is 5.62. The van der Waals surface area contributed by atoms with Crippen LogP contribution in [0, 0.1) is 10.1 Å². The quantitative estimate of drug-likeness (QED) is 0.645. The maximum Gasteiger partial charge on any atom is 0.311 e. The Morgan fingerprint density at radius 2 is 2.29 bits per heavy atom. The molecule has 6 nitrogen and oxygen atoms in total. The zero-order chi connectivity index (χ0) is 15.4. The molecule has 6 heteroatoms. The number of likely N-dealkylation sites (N-methyl/N-ethyl adjacent to an activating group) is 1. The third kappa shape index (κ3) is 3.64. The minimum absolute atomic E-state index is 0.0213. The van der Waals surface area contributed by atoms with E-state index in [1.165, 1.54) is 6.07 Å². The van der Waals surface area contributed by atoms with Crippen LogP contribution in [0.25, 0.3) is 0 Å². The maximum atomic E-state index is 11.1. The van der Waals surface area contributed by atoms with E-state index in [4.69, 9.17) is 4.74 Å². The molecule has 0 spiro atoms. The molecule has 1 saturated heterocycles. The number of nitrogens with one attached hydrogen (secondary N) is 1. The van der Waals surface area contributed by atoms with E-state index in [2.05, 4.69) is 17.1 Å². The summed E-state index contributed by atoms with van der Waals surface area (Å²) in [4.78, 5) is 13.0. The Kier molecular flexibility index (Phi) is 5.01. The highest BCUT2D eigenvalue weighted by atomic mass is 16.6. The summed E-state index contributed by atoms with van der Waals surface area (Å²) in [7, 11) is 0. The van der Waals surface area contributed by atoms with Crippen LogP contribution in [0.15, 0.2) is 18.2 Å². The minimum Gasteiger partial charge on any atom is -0.484 e. The molecule has 1 aromatic carbocycles. The van der Waals surface area contributed by atoms with Gasteiger partial charge >= 0.3 is 5.69 Å². The van der Waals surface area contributed by atoms with E-state index in [-0.39, 0.29) is 11.8 Å². The zero-order valence-corrected chi connectivity index (χ0v) is 12.8. The van der Waals surface area contributed by atoms with Crippen LogP contribution in [0.4, 0.5) is 11.4 Å². The molecule has 1 atom stereocenters. The van der Waals surface area contributed by atoms with Crippen molar-refractivity contribution >= 4 is 11.4 Å². The van der Waals surface area contributed by atoms with Crippen molar-refractivity contribution in [2.24, 2.45) is 0 Å². The first-order valence-electron chi connectivity index (χ1n) is 7.45. The highest BCUT2D eigenvalue weighted by Crippen LogP contribution is 2.33. The summed E-state index contributed by atoms with van der Waals surface area (Å²) in [5.74, 6) is 0.344. The monoisotopic (exact) mass is 293 g/mol. The lowest BCUT2D eigenvalue weighted by atomic mass is 10.1. The second-order valence-corrected chi connectivity index (χ2v) is 5.51. The SMILES string of the molecule is CCN(c1ccc([N+](=O)[O-])c(OC(C)C)c1)C1CCNC1. The van der Waals surface area contributed by atoms with Crippen LogP contribution in [-0.2, 0) is 0 Å². The van der Waals surface area contributed by atoms with Crippen LogP contribution in [0.3, 0.4) is 0 Å². The van der Waals surface area contributed by atoms with Gasteiger partial charge in [-0.15, -0.1) is 0 Å².